The van der Waals surface area contributed by atoms with Crippen LogP contribution in [0.4, 0.5) is 5.95 Å². The van der Waals surface area contributed by atoms with Crippen molar-refractivity contribution < 1.29 is 33.3 Å². The molecule has 3 heterocycles. The Morgan fingerprint density at radius 1 is 0.773 bits per heavy atom. The summed E-state index contributed by atoms with van der Waals surface area (Å²) in [5, 5.41) is 0.00229. The molecule has 0 aliphatic carbocycles. The molecule has 2 aromatic heterocycles. The number of carbonyl (C=O) groups excluding carboxylic acids is 3. The summed E-state index contributed by atoms with van der Waals surface area (Å²) >= 11 is 6.26. The highest BCUT2D eigenvalue weighted by molar-refractivity contribution is 6.33. The van der Waals surface area contributed by atoms with E-state index in [4.69, 9.17) is 36.3 Å². The highest BCUT2D eigenvalue weighted by Crippen LogP contribution is 2.37. The highest BCUT2D eigenvalue weighted by Gasteiger charge is 2.52. The summed E-state index contributed by atoms with van der Waals surface area (Å²) in [6.07, 6.45) is -3.38. The average Bonchev–Trinajstić information content (AvgIpc) is 3.62. The third kappa shape index (κ3) is 5.93. The molecule has 2 N–H and O–H groups in total. The molecule has 3 aromatic carbocycles. The number of benzene rings is 3. The van der Waals surface area contributed by atoms with Crippen LogP contribution in [0, 0.1) is 0 Å². The second-order valence-electron chi connectivity index (χ2n) is 9.70. The van der Waals surface area contributed by atoms with Crippen LogP contribution in [0.3, 0.4) is 0 Å². The van der Waals surface area contributed by atoms with Crippen LogP contribution in [0.15, 0.2) is 97.3 Å². The number of anilines is 1. The Morgan fingerprint density at radius 2 is 1.30 bits per heavy atom. The van der Waals surface area contributed by atoms with Crippen molar-refractivity contribution in [3.63, 3.8) is 0 Å². The zero-order valence-electron chi connectivity index (χ0n) is 22.9. The Labute approximate surface area is 255 Å². The van der Waals surface area contributed by atoms with E-state index >= 15 is 0 Å². The van der Waals surface area contributed by atoms with Crippen LogP contribution in [0.5, 0.6) is 0 Å². The standard InChI is InChI=1S/C31H24ClN5O7/c32-25-22-26(36-31(33)35-25)37(17-34-22)27-24(44-30(40)20-14-8-3-9-15-20)23(43-29(39)19-12-6-2-7-13-19)21(42-27)16-41-28(38)18-10-4-1-5-11-18/h1-15,17,21,23-24,27H,16H2,(H2,33,35,36)/t21-,23-,24-,27?/m1/s1. The quantitative estimate of drug-likeness (QED) is 0.151. The van der Waals surface area contributed by atoms with Gasteiger partial charge in [-0.2, -0.15) is 9.97 Å². The molecule has 0 spiro atoms. The van der Waals surface area contributed by atoms with Crippen LogP contribution in [0.1, 0.15) is 37.3 Å². The molecule has 1 aliphatic heterocycles. The second-order valence-corrected chi connectivity index (χ2v) is 10.1. The molecular weight excluding hydrogens is 590 g/mol. The lowest BCUT2D eigenvalue weighted by Crippen LogP contribution is -2.41. The van der Waals surface area contributed by atoms with Crippen molar-refractivity contribution in [3.8, 4) is 0 Å². The molecule has 222 valence electrons. The van der Waals surface area contributed by atoms with Crippen molar-refractivity contribution in [1.82, 2.24) is 19.5 Å². The third-order valence-corrected chi connectivity index (χ3v) is 7.11. The molecule has 1 saturated heterocycles. The average molecular weight is 614 g/mol. The third-order valence-electron chi connectivity index (χ3n) is 6.85. The Morgan fingerprint density at radius 3 is 1.86 bits per heavy atom. The number of nitrogen functional groups attached to an aromatic ring is 1. The maximum absolute atomic E-state index is 13.4. The number of imidazole rings is 1. The van der Waals surface area contributed by atoms with Gasteiger partial charge in [0.1, 0.15) is 18.2 Å². The van der Waals surface area contributed by atoms with Gasteiger partial charge in [0.2, 0.25) is 5.95 Å². The summed E-state index contributed by atoms with van der Waals surface area (Å²) in [6, 6.07) is 24.9. The fourth-order valence-corrected chi connectivity index (χ4v) is 4.99. The van der Waals surface area contributed by atoms with Crippen molar-refractivity contribution in [2.75, 3.05) is 12.3 Å². The monoisotopic (exact) mass is 613 g/mol. The fourth-order valence-electron chi connectivity index (χ4n) is 4.77. The van der Waals surface area contributed by atoms with Crippen molar-refractivity contribution >= 4 is 46.6 Å². The maximum atomic E-state index is 13.4. The minimum Gasteiger partial charge on any atom is -0.459 e. The van der Waals surface area contributed by atoms with Gasteiger partial charge in [-0.15, -0.1) is 0 Å². The first-order valence-electron chi connectivity index (χ1n) is 13.4. The number of hydrogen-bond donors (Lipinski definition) is 1. The van der Waals surface area contributed by atoms with Gasteiger partial charge in [-0.25, -0.2) is 19.4 Å². The van der Waals surface area contributed by atoms with Crippen molar-refractivity contribution in [3.05, 3.63) is 119 Å². The van der Waals surface area contributed by atoms with E-state index in [1.807, 2.05) is 0 Å². The molecule has 1 aliphatic rings. The van der Waals surface area contributed by atoms with Crippen molar-refractivity contribution in [1.29, 1.82) is 0 Å². The Bertz CT molecular complexity index is 1800. The normalized spacial score (nSPS) is 19.4. The fraction of sp³-hybridized carbons (Fsp3) is 0.161. The zero-order chi connectivity index (χ0) is 30.6. The lowest BCUT2D eigenvalue weighted by Gasteiger charge is -2.25. The molecule has 4 atom stereocenters. The molecule has 0 bridgehead atoms. The number of nitrogens with two attached hydrogens (primary N) is 1. The number of nitrogens with zero attached hydrogens (tertiary/aromatic N) is 4. The van der Waals surface area contributed by atoms with Gasteiger partial charge >= 0.3 is 17.9 Å². The van der Waals surface area contributed by atoms with Gasteiger partial charge in [-0.05, 0) is 36.4 Å². The van der Waals surface area contributed by atoms with Crippen molar-refractivity contribution in [2.24, 2.45) is 0 Å². The van der Waals surface area contributed by atoms with E-state index in [0.29, 0.717) is 5.56 Å². The summed E-state index contributed by atoms with van der Waals surface area (Å²) in [6.45, 7) is -0.346. The molecule has 5 aromatic rings. The largest absolute Gasteiger partial charge is 0.459 e. The summed E-state index contributed by atoms with van der Waals surface area (Å²) in [5.41, 5.74) is 7.09. The van der Waals surface area contributed by atoms with Gasteiger partial charge in [-0.1, -0.05) is 66.2 Å². The minimum atomic E-state index is -1.26. The van der Waals surface area contributed by atoms with Gasteiger partial charge in [0.25, 0.3) is 0 Å². The van der Waals surface area contributed by atoms with Gasteiger partial charge in [-0.3, -0.25) is 4.57 Å². The van der Waals surface area contributed by atoms with Gasteiger partial charge in [0.15, 0.2) is 29.2 Å². The number of hydrogen-bond acceptors (Lipinski definition) is 11. The smallest absolute Gasteiger partial charge is 0.338 e. The predicted octanol–water partition coefficient (Wildman–Crippen LogP) is 4.27. The summed E-state index contributed by atoms with van der Waals surface area (Å²) in [4.78, 5) is 52.0. The molecule has 1 unspecified atom stereocenters. The van der Waals surface area contributed by atoms with E-state index in [2.05, 4.69) is 15.0 Å². The van der Waals surface area contributed by atoms with Crippen LogP contribution in [-0.4, -0.2) is 62.3 Å². The first kappa shape index (κ1) is 28.8. The topological polar surface area (TPSA) is 158 Å². The molecule has 0 radical (unpaired) electrons. The number of ether oxygens (including phenoxy) is 4. The maximum Gasteiger partial charge on any atom is 0.338 e. The summed E-state index contributed by atoms with van der Waals surface area (Å²) in [5.74, 6) is -2.15. The van der Waals surface area contributed by atoms with Crippen molar-refractivity contribution in [2.45, 2.75) is 24.5 Å². The lowest BCUT2D eigenvalue weighted by atomic mass is 10.1. The Balaban J connectivity index is 1.39. The van der Waals surface area contributed by atoms with Crippen LogP contribution in [0.25, 0.3) is 11.2 Å². The number of rotatable bonds is 8. The van der Waals surface area contributed by atoms with Gasteiger partial charge in [0.05, 0.1) is 23.0 Å². The number of esters is 3. The molecule has 13 heteroatoms. The van der Waals surface area contributed by atoms with Gasteiger partial charge in [0, 0.05) is 0 Å². The molecule has 12 nitrogen and oxygen atoms in total. The molecule has 0 saturated carbocycles. The Hall–Kier alpha value is -5.33. The zero-order valence-corrected chi connectivity index (χ0v) is 23.6. The molecule has 1 fully saturated rings. The summed E-state index contributed by atoms with van der Waals surface area (Å²) < 4.78 is 25.3. The second kappa shape index (κ2) is 12.5. The first-order valence-corrected chi connectivity index (χ1v) is 13.8. The van der Waals surface area contributed by atoms with E-state index in [-0.39, 0.29) is 40.0 Å². The Kier molecular flexibility index (Phi) is 8.17. The molecule has 44 heavy (non-hydrogen) atoms. The van der Waals surface area contributed by atoms with Crippen LogP contribution in [0.2, 0.25) is 5.15 Å². The van der Waals surface area contributed by atoms with E-state index in [1.165, 1.54) is 10.9 Å². The van der Waals surface area contributed by atoms with E-state index < -0.39 is 42.4 Å². The summed E-state index contributed by atoms with van der Waals surface area (Å²) in [7, 11) is 0. The predicted molar refractivity (Wildman–Crippen MR) is 157 cm³/mol. The molecule has 6 rings (SSSR count). The SMILES string of the molecule is Nc1nc(Cl)c2ncn(C3O[C@H](COC(=O)c4ccccc4)[C@@H](OC(=O)c4ccccc4)[C@H]3OC(=O)c3ccccc3)c2n1. The number of halogens is 1. The van der Waals surface area contributed by atoms with E-state index in [0.717, 1.165) is 0 Å². The van der Waals surface area contributed by atoms with Crippen LogP contribution < -0.4 is 5.73 Å². The van der Waals surface area contributed by atoms with E-state index in [9.17, 15) is 14.4 Å². The first-order chi connectivity index (χ1) is 21.4. The lowest BCUT2D eigenvalue weighted by molar-refractivity contribution is -0.0606. The van der Waals surface area contributed by atoms with Crippen LogP contribution in [-0.2, 0) is 18.9 Å². The number of fused-ring (bicyclic) bond motifs is 1. The molecular formula is C31H24ClN5O7. The minimum absolute atomic E-state index is 0.00229. The van der Waals surface area contributed by atoms with Crippen LogP contribution >= 0.6 is 11.6 Å². The molecule has 0 amide bonds. The number of carbonyl (C=O) groups is 3. The highest BCUT2D eigenvalue weighted by atomic mass is 35.5. The van der Waals surface area contributed by atoms with Gasteiger partial charge < -0.3 is 24.7 Å². The van der Waals surface area contributed by atoms with E-state index in [1.54, 1.807) is 91.0 Å². The number of aromatic nitrogens is 4.